The van der Waals surface area contributed by atoms with Crippen LogP contribution < -0.4 is 5.32 Å². The Morgan fingerprint density at radius 3 is 3.00 bits per heavy atom. The van der Waals surface area contributed by atoms with E-state index in [-0.39, 0.29) is 11.9 Å². The van der Waals surface area contributed by atoms with E-state index in [4.69, 9.17) is 0 Å². The molecule has 1 aromatic heterocycles. The van der Waals surface area contributed by atoms with E-state index in [9.17, 15) is 4.79 Å². The fourth-order valence-corrected chi connectivity index (χ4v) is 2.00. The van der Waals surface area contributed by atoms with Gasteiger partial charge in [-0.25, -0.2) is 0 Å². The second kappa shape index (κ2) is 4.51. The number of carbonyl (C=O) groups is 1. The molecule has 0 aromatic carbocycles. The average molecular weight is 219 g/mol. The second-order valence-corrected chi connectivity index (χ2v) is 4.24. The van der Waals surface area contributed by atoms with Crippen molar-refractivity contribution in [2.45, 2.75) is 32.2 Å². The molecule has 0 bridgehead atoms. The number of nitrogens with zero attached hydrogens (tertiary/aromatic N) is 2. The second-order valence-electron chi connectivity index (χ2n) is 4.24. The number of hydrogen-bond acceptors (Lipinski definition) is 2. The Bertz CT molecular complexity index is 420. The summed E-state index contributed by atoms with van der Waals surface area (Å²) in [6, 6.07) is 0.181. The van der Waals surface area contributed by atoms with E-state index in [2.05, 4.69) is 22.6 Å². The number of allylic oxidation sites excluding steroid dienone is 1. The SMILES string of the molecule is Cc1nn(C)cc1C(=O)NC1C=CCCC1. The van der Waals surface area contributed by atoms with Crippen molar-refractivity contribution < 1.29 is 4.79 Å². The van der Waals surface area contributed by atoms with Crippen LogP contribution in [0.4, 0.5) is 0 Å². The van der Waals surface area contributed by atoms with Gasteiger partial charge in [-0.05, 0) is 26.2 Å². The lowest BCUT2D eigenvalue weighted by atomic mass is 10.0. The van der Waals surface area contributed by atoms with Gasteiger partial charge in [0.2, 0.25) is 0 Å². The molecule has 0 aliphatic heterocycles. The Balaban J connectivity index is 2.05. The van der Waals surface area contributed by atoms with Gasteiger partial charge in [-0.3, -0.25) is 9.48 Å². The minimum atomic E-state index is -0.0258. The van der Waals surface area contributed by atoms with E-state index in [1.807, 2.05) is 14.0 Å². The summed E-state index contributed by atoms with van der Waals surface area (Å²) in [5.74, 6) is -0.0258. The minimum absolute atomic E-state index is 0.0258. The highest BCUT2D eigenvalue weighted by atomic mass is 16.1. The first-order valence-electron chi connectivity index (χ1n) is 5.64. The molecule has 1 aliphatic rings. The summed E-state index contributed by atoms with van der Waals surface area (Å²) in [5, 5.41) is 7.17. The van der Waals surface area contributed by atoms with Crippen molar-refractivity contribution in [2.24, 2.45) is 7.05 Å². The predicted molar refractivity (Wildman–Crippen MR) is 62.2 cm³/mol. The van der Waals surface area contributed by atoms with E-state index >= 15 is 0 Å². The third-order valence-corrected chi connectivity index (χ3v) is 2.83. The van der Waals surface area contributed by atoms with Gasteiger partial charge in [0.15, 0.2) is 0 Å². The Labute approximate surface area is 95.3 Å². The van der Waals surface area contributed by atoms with Crippen LogP contribution in [0.15, 0.2) is 18.3 Å². The molecule has 0 saturated heterocycles. The van der Waals surface area contributed by atoms with Gasteiger partial charge in [-0.15, -0.1) is 0 Å². The molecule has 1 unspecified atom stereocenters. The summed E-state index contributed by atoms with van der Waals surface area (Å²) in [6.07, 6.45) is 9.27. The van der Waals surface area contributed by atoms with Crippen LogP contribution >= 0.6 is 0 Å². The summed E-state index contributed by atoms with van der Waals surface area (Å²) in [4.78, 5) is 11.9. The van der Waals surface area contributed by atoms with E-state index in [1.165, 1.54) is 0 Å². The number of hydrogen-bond donors (Lipinski definition) is 1. The molecular formula is C12H17N3O. The standard InChI is InChI=1S/C12H17N3O/c1-9-11(8-15(2)14-9)12(16)13-10-6-4-3-5-7-10/h4,6,8,10H,3,5,7H2,1-2H3,(H,13,16). The highest BCUT2D eigenvalue weighted by Gasteiger charge is 2.16. The van der Waals surface area contributed by atoms with Gasteiger partial charge < -0.3 is 5.32 Å². The molecule has 2 rings (SSSR count). The molecule has 4 nitrogen and oxygen atoms in total. The molecule has 1 amide bonds. The zero-order chi connectivity index (χ0) is 11.5. The summed E-state index contributed by atoms with van der Waals surface area (Å²) in [6.45, 7) is 1.85. The maximum absolute atomic E-state index is 11.9. The minimum Gasteiger partial charge on any atom is -0.346 e. The van der Waals surface area contributed by atoms with Gasteiger partial charge in [-0.1, -0.05) is 12.2 Å². The van der Waals surface area contributed by atoms with Crippen LogP contribution in [-0.4, -0.2) is 21.7 Å². The molecule has 0 spiro atoms. The number of carbonyl (C=O) groups excluding carboxylic acids is 1. The molecular weight excluding hydrogens is 202 g/mol. The molecule has 1 aromatic rings. The number of amides is 1. The number of aromatic nitrogens is 2. The van der Waals surface area contributed by atoms with Crippen LogP contribution in [0.25, 0.3) is 0 Å². The Hall–Kier alpha value is -1.58. The van der Waals surface area contributed by atoms with Gasteiger partial charge in [0, 0.05) is 19.3 Å². The molecule has 0 radical (unpaired) electrons. The van der Waals surface area contributed by atoms with Crippen LogP contribution in [0.5, 0.6) is 0 Å². The topological polar surface area (TPSA) is 46.9 Å². The molecule has 1 heterocycles. The van der Waals surface area contributed by atoms with E-state index in [0.717, 1.165) is 25.0 Å². The van der Waals surface area contributed by atoms with Crippen molar-refractivity contribution >= 4 is 5.91 Å². The van der Waals surface area contributed by atoms with Crippen LogP contribution in [0, 0.1) is 6.92 Å². The van der Waals surface area contributed by atoms with E-state index in [1.54, 1.807) is 10.9 Å². The first-order valence-corrected chi connectivity index (χ1v) is 5.64. The van der Waals surface area contributed by atoms with Crippen LogP contribution in [0.1, 0.15) is 35.3 Å². The Kier molecular flexibility index (Phi) is 3.08. The number of nitrogens with one attached hydrogen (secondary N) is 1. The number of rotatable bonds is 2. The molecule has 0 fully saturated rings. The van der Waals surface area contributed by atoms with Crippen LogP contribution in [0.2, 0.25) is 0 Å². The van der Waals surface area contributed by atoms with Crippen molar-refractivity contribution in [3.8, 4) is 0 Å². The van der Waals surface area contributed by atoms with Crippen molar-refractivity contribution in [3.05, 3.63) is 29.6 Å². The van der Waals surface area contributed by atoms with Crippen molar-refractivity contribution in [3.63, 3.8) is 0 Å². The fraction of sp³-hybridized carbons (Fsp3) is 0.500. The van der Waals surface area contributed by atoms with Gasteiger partial charge in [-0.2, -0.15) is 5.10 Å². The van der Waals surface area contributed by atoms with Gasteiger partial charge in [0.1, 0.15) is 0 Å². The molecule has 16 heavy (non-hydrogen) atoms. The molecule has 4 heteroatoms. The molecule has 86 valence electrons. The molecule has 1 N–H and O–H groups in total. The maximum atomic E-state index is 11.9. The highest BCUT2D eigenvalue weighted by molar-refractivity contribution is 5.95. The quantitative estimate of drug-likeness (QED) is 0.767. The summed E-state index contributed by atoms with van der Waals surface area (Å²) >= 11 is 0. The zero-order valence-electron chi connectivity index (χ0n) is 9.73. The largest absolute Gasteiger partial charge is 0.346 e. The lowest BCUT2D eigenvalue weighted by Gasteiger charge is -2.17. The third kappa shape index (κ3) is 2.32. The van der Waals surface area contributed by atoms with Gasteiger partial charge >= 0.3 is 0 Å². The number of aryl methyl sites for hydroxylation is 2. The lowest BCUT2D eigenvalue weighted by molar-refractivity contribution is 0.0941. The summed E-state index contributed by atoms with van der Waals surface area (Å²) < 4.78 is 1.67. The smallest absolute Gasteiger partial charge is 0.255 e. The highest BCUT2D eigenvalue weighted by Crippen LogP contribution is 2.12. The van der Waals surface area contributed by atoms with Crippen LogP contribution in [0.3, 0.4) is 0 Å². The normalized spacial score (nSPS) is 19.8. The van der Waals surface area contributed by atoms with E-state index < -0.39 is 0 Å². The van der Waals surface area contributed by atoms with E-state index in [0.29, 0.717) is 5.56 Å². The average Bonchev–Trinajstić information content (AvgIpc) is 2.59. The van der Waals surface area contributed by atoms with Crippen LogP contribution in [-0.2, 0) is 7.05 Å². The first-order chi connectivity index (χ1) is 7.66. The van der Waals surface area contributed by atoms with Gasteiger partial charge in [0.05, 0.1) is 11.3 Å². The predicted octanol–water partition coefficient (Wildman–Crippen LogP) is 1.57. The van der Waals surface area contributed by atoms with Gasteiger partial charge in [0.25, 0.3) is 5.91 Å². The fourth-order valence-electron chi connectivity index (χ4n) is 2.00. The molecule has 1 aliphatic carbocycles. The Morgan fingerprint density at radius 1 is 1.62 bits per heavy atom. The Morgan fingerprint density at radius 2 is 2.44 bits per heavy atom. The van der Waals surface area contributed by atoms with Crippen molar-refractivity contribution in [1.29, 1.82) is 0 Å². The monoisotopic (exact) mass is 219 g/mol. The zero-order valence-corrected chi connectivity index (χ0v) is 9.73. The molecule has 1 atom stereocenters. The first kappa shape index (κ1) is 10.9. The third-order valence-electron chi connectivity index (χ3n) is 2.83. The maximum Gasteiger partial charge on any atom is 0.255 e. The molecule has 0 saturated carbocycles. The summed E-state index contributed by atoms with van der Waals surface area (Å²) in [7, 11) is 1.82. The summed E-state index contributed by atoms with van der Waals surface area (Å²) in [5.41, 5.74) is 1.45. The van der Waals surface area contributed by atoms with Crippen molar-refractivity contribution in [2.75, 3.05) is 0 Å². The lowest BCUT2D eigenvalue weighted by Crippen LogP contribution is -2.34. The van der Waals surface area contributed by atoms with Crippen molar-refractivity contribution in [1.82, 2.24) is 15.1 Å².